The van der Waals surface area contributed by atoms with Crippen molar-refractivity contribution in [2.45, 2.75) is 32.7 Å². The van der Waals surface area contributed by atoms with Gasteiger partial charge in [-0.05, 0) is 24.0 Å². The molecule has 2 amide bonds. The van der Waals surface area contributed by atoms with Crippen molar-refractivity contribution in [2.24, 2.45) is 5.92 Å². The molecule has 2 heterocycles. The molecule has 120 valence electrons. The molecule has 0 saturated carbocycles. The van der Waals surface area contributed by atoms with Crippen molar-refractivity contribution in [3.63, 3.8) is 0 Å². The van der Waals surface area contributed by atoms with Crippen LogP contribution in [0.5, 0.6) is 0 Å². The number of fused-ring (bicyclic) bond motifs is 1. The Bertz CT molecular complexity index is 712. The fraction of sp³-hybridized carbons (Fsp3) is 0.353. The molecule has 0 radical (unpaired) electrons. The summed E-state index contributed by atoms with van der Waals surface area (Å²) in [7, 11) is 0. The van der Waals surface area contributed by atoms with Crippen molar-refractivity contribution in [2.75, 3.05) is 10.2 Å². The lowest BCUT2D eigenvalue weighted by atomic mass is 10.0. The number of nitrogens with zero attached hydrogens (tertiary/aromatic N) is 2. The molecule has 0 bridgehead atoms. The third kappa shape index (κ3) is 3.27. The van der Waals surface area contributed by atoms with Gasteiger partial charge in [-0.1, -0.05) is 32.0 Å². The molecule has 1 atom stereocenters. The molecule has 1 N–H and O–H groups in total. The normalized spacial score (nSPS) is 14.9. The first-order valence-corrected chi connectivity index (χ1v) is 8.54. The van der Waals surface area contributed by atoms with Crippen molar-refractivity contribution in [1.82, 2.24) is 4.98 Å². The van der Waals surface area contributed by atoms with Crippen LogP contribution >= 0.6 is 11.3 Å². The van der Waals surface area contributed by atoms with Gasteiger partial charge in [0, 0.05) is 17.3 Å². The van der Waals surface area contributed by atoms with Crippen LogP contribution in [0.15, 0.2) is 35.8 Å². The summed E-state index contributed by atoms with van der Waals surface area (Å²) < 4.78 is 0. The lowest BCUT2D eigenvalue weighted by Crippen LogP contribution is -2.46. The second-order valence-corrected chi connectivity index (χ2v) is 6.94. The second kappa shape index (κ2) is 6.50. The van der Waals surface area contributed by atoms with Gasteiger partial charge in [0.25, 0.3) is 0 Å². The summed E-state index contributed by atoms with van der Waals surface area (Å²) in [5.41, 5.74) is 1.82. The number of anilines is 2. The number of para-hydroxylation sites is 1. The molecule has 2 aromatic rings. The number of benzene rings is 1. The van der Waals surface area contributed by atoms with Gasteiger partial charge in [0.15, 0.2) is 5.13 Å². The zero-order chi connectivity index (χ0) is 16.4. The molecule has 23 heavy (non-hydrogen) atoms. The topological polar surface area (TPSA) is 62.3 Å². The maximum absolute atomic E-state index is 12.8. The number of carbonyl (C=O) groups is 2. The first-order valence-electron chi connectivity index (χ1n) is 7.66. The zero-order valence-corrected chi connectivity index (χ0v) is 14.0. The molecule has 3 rings (SSSR count). The van der Waals surface area contributed by atoms with Crippen molar-refractivity contribution in [1.29, 1.82) is 0 Å². The molecule has 0 aliphatic carbocycles. The summed E-state index contributed by atoms with van der Waals surface area (Å²) in [5, 5.41) is 5.20. The van der Waals surface area contributed by atoms with E-state index in [4.69, 9.17) is 0 Å². The Balaban J connectivity index is 1.90. The first-order chi connectivity index (χ1) is 11.1. The van der Waals surface area contributed by atoms with Gasteiger partial charge in [-0.15, -0.1) is 11.3 Å². The largest absolute Gasteiger partial charge is 0.300 e. The van der Waals surface area contributed by atoms with Gasteiger partial charge in [-0.3, -0.25) is 14.5 Å². The monoisotopic (exact) mass is 329 g/mol. The Morgan fingerprint density at radius 1 is 1.39 bits per heavy atom. The number of thiazole rings is 1. The van der Waals surface area contributed by atoms with Gasteiger partial charge >= 0.3 is 0 Å². The number of rotatable bonds is 5. The number of hydrogen-bond donors (Lipinski definition) is 1. The van der Waals surface area contributed by atoms with Crippen molar-refractivity contribution >= 4 is 34.0 Å². The van der Waals surface area contributed by atoms with E-state index in [2.05, 4.69) is 24.1 Å². The van der Waals surface area contributed by atoms with Crippen LogP contribution in [0.25, 0.3) is 0 Å². The molecular formula is C17H19N3O2S. The summed E-state index contributed by atoms with van der Waals surface area (Å²) in [6.07, 6.45) is 2.61. The zero-order valence-electron chi connectivity index (χ0n) is 13.2. The van der Waals surface area contributed by atoms with Crippen LogP contribution in [0, 0.1) is 5.92 Å². The van der Waals surface area contributed by atoms with Crippen LogP contribution in [-0.4, -0.2) is 22.8 Å². The summed E-state index contributed by atoms with van der Waals surface area (Å²) in [6.45, 7) is 4.10. The average Bonchev–Trinajstić information content (AvgIpc) is 3.11. The fourth-order valence-corrected chi connectivity index (χ4v) is 3.40. The average molecular weight is 329 g/mol. The maximum atomic E-state index is 12.8. The molecule has 0 spiro atoms. The van der Waals surface area contributed by atoms with E-state index in [1.165, 1.54) is 11.3 Å². The lowest BCUT2D eigenvalue weighted by molar-refractivity contribution is -0.123. The highest BCUT2D eigenvalue weighted by atomic mass is 32.1. The molecule has 1 aliphatic rings. The quantitative estimate of drug-likeness (QED) is 0.917. The van der Waals surface area contributed by atoms with Crippen LogP contribution in [0.4, 0.5) is 10.8 Å². The maximum Gasteiger partial charge on any atom is 0.249 e. The van der Waals surface area contributed by atoms with E-state index in [9.17, 15) is 9.59 Å². The number of amides is 2. The number of carbonyl (C=O) groups excluding carboxylic acids is 2. The Morgan fingerprint density at radius 2 is 2.17 bits per heavy atom. The SMILES string of the molecule is CC(C)CC(C(=O)Nc1nccs1)N1C(=O)Cc2ccccc21. The third-order valence-corrected chi connectivity index (χ3v) is 4.52. The molecule has 0 fully saturated rings. The van der Waals surface area contributed by atoms with Gasteiger partial charge in [0.1, 0.15) is 6.04 Å². The standard InChI is InChI=1S/C17H19N3O2S/c1-11(2)9-14(16(22)19-17-18-7-8-23-17)20-13-6-4-3-5-12(13)10-15(20)21/h3-8,11,14H,9-10H2,1-2H3,(H,18,19,22). The summed E-state index contributed by atoms with van der Waals surface area (Å²) in [6, 6.07) is 7.15. The molecule has 1 aromatic heterocycles. The first kappa shape index (κ1) is 15.7. The predicted molar refractivity (Wildman–Crippen MR) is 91.6 cm³/mol. The summed E-state index contributed by atoms with van der Waals surface area (Å²) >= 11 is 1.37. The minimum atomic E-state index is -0.518. The highest BCUT2D eigenvalue weighted by Gasteiger charge is 2.37. The molecule has 1 aliphatic heterocycles. The fourth-order valence-electron chi connectivity index (χ4n) is 2.87. The Labute approximate surface area is 139 Å². The van der Waals surface area contributed by atoms with E-state index < -0.39 is 6.04 Å². The molecule has 6 heteroatoms. The minimum absolute atomic E-state index is 0.0221. The summed E-state index contributed by atoms with van der Waals surface area (Å²) in [4.78, 5) is 31.0. The number of aromatic nitrogens is 1. The Morgan fingerprint density at radius 3 is 2.87 bits per heavy atom. The van der Waals surface area contributed by atoms with Gasteiger partial charge in [-0.2, -0.15) is 0 Å². The number of hydrogen-bond acceptors (Lipinski definition) is 4. The minimum Gasteiger partial charge on any atom is -0.300 e. The van der Waals surface area contributed by atoms with E-state index >= 15 is 0 Å². The van der Waals surface area contributed by atoms with E-state index in [1.807, 2.05) is 29.6 Å². The van der Waals surface area contributed by atoms with Gasteiger partial charge < -0.3 is 5.32 Å². The van der Waals surface area contributed by atoms with E-state index in [1.54, 1.807) is 11.1 Å². The van der Waals surface area contributed by atoms with Crippen molar-refractivity contribution in [3.05, 3.63) is 41.4 Å². The van der Waals surface area contributed by atoms with Crippen LogP contribution in [0.1, 0.15) is 25.8 Å². The Hall–Kier alpha value is -2.21. The highest BCUT2D eigenvalue weighted by molar-refractivity contribution is 7.13. The van der Waals surface area contributed by atoms with Crippen molar-refractivity contribution in [3.8, 4) is 0 Å². The molecule has 0 saturated heterocycles. The molecule has 5 nitrogen and oxygen atoms in total. The Kier molecular flexibility index (Phi) is 4.43. The second-order valence-electron chi connectivity index (χ2n) is 6.04. The molecule has 1 unspecified atom stereocenters. The van der Waals surface area contributed by atoms with Crippen molar-refractivity contribution < 1.29 is 9.59 Å². The third-order valence-electron chi connectivity index (χ3n) is 3.83. The van der Waals surface area contributed by atoms with Gasteiger partial charge in [0.2, 0.25) is 11.8 Å². The summed E-state index contributed by atoms with van der Waals surface area (Å²) in [5.74, 6) is 0.0902. The number of nitrogens with one attached hydrogen (secondary N) is 1. The predicted octanol–water partition coefficient (Wildman–Crippen LogP) is 3.09. The lowest BCUT2D eigenvalue weighted by Gasteiger charge is -2.28. The molecular weight excluding hydrogens is 310 g/mol. The van der Waals surface area contributed by atoms with E-state index in [0.29, 0.717) is 23.9 Å². The van der Waals surface area contributed by atoms with E-state index in [-0.39, 0.29) is 11.8 Å². The van der Waals surface area contributed by atoms with Crippen LogP contribution < -0.4 is 10.2 Å². The molecule has 1 aromatic carbocycles. The van der Waals surface area contributed by atoms with Gasteiger partial charge in [0.05, 0.1) is 6.42 Å². The van der Waals surface area contributed by atoms with Crippen LogP contribution in [0.3, 0.4) is 0 Å². The van der Waals surface area contributed by atoms with Crippen LogP contribution in [0.2, 0.25) is 0 Å². The van der Waals surface area contributed by atoms with Crippen LogP contribution in [-0.2, 0) is 16.0 Å². The highest BCUT2D eigenvalue weighted by Crippen LogP contribution is 2.32. The smallest absolute Gasteiger partial charge is 0.249 e. The van der Waals surface area contributed by atoms with E-state index in [0.717, 1.165) is 11.3 Å². The van der Waals surface area contributed by atoms with Gasteiger partial charge in [-0.25, -0.2) is 4.98 Å².